The fraction of sp³-hybridized carbons (Fsp3) is 0.778. The van der Waals surface area contributed by atoms with E-state index in [1.807, 2.05) is 0 Å². The molecule has 0 spiro atoms. The topological polar surface area (TPSA) is 110 Å². The Hall–Kier alpha value is -1.21. The molecule has 6 nitrogen and oxygen atoms in total. The summed E-state index contributed by atoms with van der Waals surface area (Å²) in [7, 11) is 0. The maximum Gasteiger partial charge on any atom is 0.332 e. The number of aliphatic carboxylic acids is 2. The van der Waals surface area contributed by atoms with Crippen molar-refractivity contribution in [2.24, 2.45) is 5.73 Å². The third-order valence-corrected chi connectivity index (χ3v) is 2.45. The molecule has 4 N–H and O–H groups in total. The third-order valence-electron chi connectivity index (χ3n) is 2.45. The van der Waals surface area contributed by atoms with Crippen molar-refractivity contribution in [2.75, 3.05) is 0 Å². The third kappa shape index (κ3) is 3.42. The molecular formula is C9H14FNO5. The molecular weight excluding hydrogens is 221 g/mol. The highest BCUT2D eigenvalue weighted by atomic mass is 19.1. The summed E-state index contributed by atoms with van der Waals surface area (Å²) in [4.78, 5) is 21.2. The fourth-order valence-corrected chi connectivity index (χ4v) is 1.39. The maximum atomic E-state index is 12.5. The Morgan fingerprint density at radius 3 is 2.31 bits per heavy atom. The van der Waals surface area contributed by atoms with Gasteiger partial charge in [0.1, 0.15) is 12.2 Å². The molecule has 0 aliphatic heterocycles. The zero-order valence-corrected chi connectivity index (χ0v) is 8.51. The van der Waals surface area contributed by atoms with Crippen LogP contribution in [0, 0.1) is 0 Å². The summed E-state index contributed by atoms with van der Waals surface area (Å²) in [6.45, 7) is 0. The van der Waals surface area contributed by atoms with E-state index in [4.69, 9.17) is 20.7 Å². The highest BCUT2D eigenvalue weighted by Gasteiger charge is 2.35. The number of carbonyl (C=O) groups is 2. The number of hydrogen-bond donors (Lipinski definition) is 3. The highest BCUT2D eigenvalue weighted by Crippen LogP contribution is 2.27. The van der Waals surface area contributed by atoms with Gasteiger partial charge in [0.25, 0.3) is 0 Å². The lowest BCUT2D eigenvalue weighted by molar-refractivity contribution is -0.163. The van der Waals surface area contributed by atoms with Crippen molar-refractivity contribution in [3.63, 3.8) is 0 Å². The molecule has 0 radical (unpaired) electrons. The molecule has 1 rings (SSSR count). The summed E-state index contributed by atoms with van der Waals surface area (Å²) in [5.74, 6) is -2.56. The number of carboxylic acids is 2. The van der Waals surface area contributed by atoms with E-state index < -0.39 is 36.4 Å². The molecule has 0 aromatic heterocycles. The van der Waals surface area contributed by atoms with Crippen LogP contribution in [-0.4, -0.2) is 46.6 Å². The molecule has 1 aliphatic carbocycles. The van der Waals surface area contributed by atoms with E-state index in [1.165, 1.54) is 0 Å². The Kier molecular flexibility index (Phi) is 4.19. The lowest BCUT2D eigenvalue weighted by Crippen LogP contribution is -2.43. The van der Waals surface area contributed by atoms with Crippen LogP contribution in [0.2, 0.25) is 0 Å². The molecule has 2 atom stereocenters. The van der Waals surface area contributed by atoms with E-state index in [9.17, 15) is 14.0 Å². The van der Waals surface area contributed by atoms with E-state index in [1.54, 1.807) is 0 Å². The molecule has 1 aliphatic rings. The molecule has 1 saturated carbocycles. The van der Waals surface area contributed by atoms with Gasteiger partial charge in [-0.3, -0.25) is 4.79 Å². The van der Waals surface area contributed by atoms with Crippen LogP contribution in [0.4, 0.5) is 4.39 Å². The number of hydrogen-bond acceptors (Lipinski definition) is 4. The van der Waals surface area contributed by atoms with Gasteiger partial charge in [0.05, 0.1) is 6.10 Å². The van der Waals surface area contributed by atoms with Gasteiger partial charge in [0, 0.05) is 19.3 Å². The first-order valence-electron chi connectivity index (χ1n) is 4.91. The first kappa shape index (κ1) is 12.9. The maximum absolute atomic E-state index is 12.5. The van der Waals surface area contributed by atoms with Crippen LogP contribution in [0.25, 0.3) is 0 Å². The summed E-state index contributed by atoms with van der Waals surface area (Å²) in [6, 6.07) is -1.29. The first-order chi connectivity index (χ1) is 7.40. The number of halogens is 1. The average Bonchev–Trinajstić information content (AvgIpc) is 2.13. The van der Waals surface area contributed by atoms with Gasteiger partial charge in [-0.25, -0.2) is 9.18 Å². The molecule has 16 heavy (non-hydrogen) atoms. The number of ether oxygens (including phenoxy) is 1. The molecule has 7 heteroatoms. The Bertz CT molecular complexity index is 279. The minimum Gasteiger partial charge on any atom is -0.480 e. The summed E-state index contributed by atoms with van der Waals surface area (Å²) in [5.41, 5.74) is 5.20. The van der Waals surface area contributed by atoms with E-state index in [-0.39, 0.29) is 19.3 Å². The minimum atomic E-state index is -1.29. The van der Waals surface area contributed by atoms with Crippen molar-refractivity contribution < 1.29 is 28.9 Å². The fourth-order valence-electron chi connectivity index (χ4n) is 1.39. The van der Waals surface area contributed by atoms with Crippen LogP contribution in [0.1, 0.15) is 19.3 Å². The molecule has 0 aromatic rings. The predicted molar refractivity (Wildman–Crippen MR) is 50.7 cm³/mol. The van der Waals surface area contributed by atoms with Crippen molar-refractivity contribution in [1.29, 1.82) is 0 Å². The number of carboxylic acid groups (broad SMARTS) is 2. The number of rotatable bonds is 6. The monoisotopic (exact) mass is 235 g/mol. The molecule has 0 amide bonds. The standard InChI is InChI=1S/C9H14FNO5/c10-4-1-5(2-4)16-7(9(14)15)3-6(11)8(12)13/h4-7H,1-3,11H2,(H,12,13)(H,14,15). The minimum absolute atomic E-state index is 0.159. The SMILES string of the molecule is NC(CC(OC1CC(F)C1)C(=O)O)C(=O)O. The van der Waals surface area contributed by atoms with E-state index in [2.05, 4.69) is 0 Å². The van der Waals surface area contributed by atoms with Gasteiger partial charge in [-0.15, -0.1) is 0 Å². The van der Waals surface area contributed by atoms with E-state index >= 15 is 0 Å². The summed E-state index contributed by atoms with van der Waals surface area (Å²) < 4.78 is 17.5. The molecule has 92 valence electrons. The Morgan fingerprint density at radius 2 is 1.94 bits per heavy atom. The Morgan fingerprint density at radius 1 is 1.38 bits per heavy atom. The summed E-state index contributed by atoms with van der Waals surface area (Å²) in [5, 5.41) is 17.3. The highest BCUT2D eigenvalue weighted by molar-refractivity contribution is 5.76. The van der Waals surface area contributed by atoms with Crippen LogP contribution >= 0.6 is 0 Å². The quantitative estimate of drug-likeness (QED) is 0.586. The normalized spacial score (nSPS) is 27.9. The zero-order chi connectivity index (χ0) is 12.3. The van der Waals surface area contributed by atoms with Crippen LogP contribution in [-0.2, 0) is 14.3 Å². The smallest absolute Gasteiger partial charge is 0.332 e. The first-order valence-corrected chi connectivity index (χ1v) is 4.91. The second-order valence-electron chi connectivity index (χ2n) is 3.83. The Labute approximate surface area is 91.2 Å². The summed E-state index contributed by atoms with van der Waals surface area (Å²) in [6.07, 6.45) is -2.69. The average molecular weight is 235 g/mol. The predicted octanol–water partition coefficient (Wildman–Crippen LogP) is -0.241. The van der Waals surface area contributed by atoms with Crippen molar-refractivity contribution in [3.05, 3.63) is 0 Å². The largest absolute Gasteiger partial charge is 0.480 e. The van der Waals surface area contributed by atoms with Crippen molar-refractivity contribution in [3.8, 4) is 0 Å². The molecule has 0 heterocycles. The molecule has 2 unspecified atom stereocenters. The van der Waals surface area contributed by atoms with Gasteiger partial charge in [-0.05, 0) is 0 Å². The molecule has 0 aromatic carbocycles. The molecule has 1 fully saturated rings. The van der Waals surface area contributed by atoms with Gasteiger partial charge in [-0.1, -0.05) is 0 Å². The molecule has 0 saturated heterocycles. The van der Waals surface area contributed by atoms with Gasteiger partial charge in [-0.2, -0.15) is 0 Å². The second-order valence-corrected chi connectivity index (χ2v) is 3.83. The van der Waals surface area contributed by atoms with Gasteiger partial charge in [0.15, 0.2) is 6.10 Å². The van der Waals surface area contributed by atoms with Gasteiger partial charge < -0.3 is 20.7 Å². The number of nitrogens with two attached hydrogens (primary N) is 1. The van der Waals surface area contributed by atoms with Crippen molar-refractivity contribution >= 4 is 11.9 Å². The van der Waals surface area contributed by atoms with Gasteiger partial charge >= 0.3 is 11.9 Å². The zero-order valence-electron chi connectivity index (χ0n) is 8.51. The lowest BCUT2D eigenvalue weighted by Gasteiger charge is -2.32. The van der Waals surface area contributed by atoms with Crippen molar-refractivity contribution in [1.82, 2.24) is 0 Å². The van der Waals surface area contributed by atoms with Crippen LogP contribution in [0.5, 0.6) is 0 Å². The van der Waals surface area contributed by atoms with Crippen LogP contribution in [0.15, 0.2) is 0 Å². The summed E-state index contributed by atoms with van der Waals surface area (Å²) >= 11 is 0. The van der Waals surface area contributed by atoms with Crippen LogP contribution in [0.3, 0.4) is 0 Å². The van der Waals surface area contributed by atoms with E-state index in [0.29, 0.717) is 0 Å². The van der Waals surface area contributed by atoms with E-state index in [0.717, 1.165) is 0 Å². The molecule has 0 bridgehead atoms. The lowest BCUT2D eigenvalue weighted by atomic mass is 9.93. The number of alkyl halides is 1. The van der Waals surface area contributed by atoms with Gasteiger partial charge in [0.2, 0.25) is 0 Å². The van der Waals surface area contributed by atoms with Crippen LogP contribution < -0.4 is 5.73 Å². The Balaban J connectivity index is 2.42. The second kappa shape index (κ2) is 5.22. The van der Waals surface area contributed by atoms with Crippen molar-refractivity contribution in [2.45, 2.75) is 43.7 Å².